The van der Waals surface area contributed by atoms with E-state index in [1.54, 1.807) is 50.2 Å². The molecular formula is C53H62N2O11S2. The summed E-state index contributed by atoms with van der Waals surface area (Å²) in [5.41, 5.74) is 0.619. The average Bonchev–Trinajstić information content (AvgIpc) is 3.81. The lowest BCUT2D eigenvalue weighted by Crippen LogP contribution is -2.30. The maximum atomic E-state index is 14.2. The molecule has 0 amide bonds. The molecule has 0 bridgehead atoms. The van der Waals surface area contributed by atoms with Crippen LogP contribution in [-0.4, -0.2) is 55.5 Å². The summed E-state index contributed by atoms with van der Waals surface area (Å²) in [6.45, 7) is 16.9. The van der Waals surface area contributed by atoms with E-state index in [0.717, 1.165) is 49.2 Å². The van der Waals surface area contributed by atoms with Crippen LogP contribution >= 0.6 is 23.5 Å². The average molecular weight is 967 g/mol. The van der Waals surface area contributed by atoms with Crippen LogP contribution in [0.2, 0.25) is 0 Å². The number of rotatable bonds is 19. The highest BCUT2D eigenvalue weighted by atomic mass is 32.2. The van der Waals surface area contributed by atoms with E-state index in [-0.39, 0.29) is 73.8 Å². The number of carbonyl (C=O) groups is 6. The molecular weight excluding hydrogens is 905 g/mol. The molecule has 68 heavy (non-hydrogen) atoms. The Kier molecular flexibility index (Phi) is 18.9. The van der Waals surface area contributed by atoms with E-state index in [9.17, 15) is 34.0 Å². The summed E-state index contributed by atoms with van der Waals surface area (Å²) in [5, 5.41) is 9.70. The predicted molar refractivity (Wildman–Crippen MR) is 256 cm³/mol. The first-order valence-corrected chi connectivity index (χ1v) is 25.6. The summed E-state index contributed by atoms with van der Waals surface area (Å²) in [7, 11) is 0. The van der Waals surface area contributed by atoms with Crippen molar-refractivity contribution in [1.82, 2.24) is 0 Å². The number of nitriles is 1. The van der Waals surface area contributed by atoms with Gasteiger partial charge in [0, 0.05) is 34.3 Å². The van der Waals surface area contributed by atoms with Crippen molar-refractivity contribution in [2.24, 2.45) is 40.9 Å². The number of hydrogen-bond acceptors (Lipinski definition) is 14. The van der Waals surface area contributed by atoms with Crippen molar-refractivity contribution < 1.29 is 52.5 Å². The van der Waals surface area contributed by atoms with Gasteiger partial charge in [-0.1, -0.05) is 82.3 Å². The molecule has 3 aliphatic carbocycles. The Morgan fingerprint density at radius 1 is 0.750 bits per heavy atom. The molecule has 3 fully saturated rings. The molecule has 6 rings (SSSR count). The Bertz CT molecular complexity index is 2290. The van der Waals surface area contributed by atoms with Crippen LogP contribution in [0.3, 0.4) is 0 Å². The molecule has 4 aliphatic rings. The fourth-order valence-corrected chi connectivity index (χ4v) is 12.1. The van der Waals surface area contributed by atoms with E-state index in [2.05, 4.69) is 18.3 Å². The number of carbonyl (C=O) groups excluding carboxylic acids is 6. The summed E-state index contributed by atoms with van der Waals surface area (Å²) in [4.78, 5) is 81.3. The van der Waals surface area contributed by atoms with Gasteiger partial charge in [-0.15, -0.1) is 0 Å². The third-order valence-corrected chi connectivity index (χ3v) is 16.4. The lowest BCUT2D eigenvalue weighted by Gasteiger charge is -2.37. The van der Waals surface area contributed by atoms with Crippen LogP contribution in [0.15, 0.2) is 68.8 Å². The van der Waals surface area contributed by atoms with Crippen LogP contribution in [0.4, 0.5) is 0 Å². The molecule has 13 nitrogen and oxygen atoms in total. The zero-order valence-electron chi connectivity index (χ0n) is 39.3. The first-order chi connectivity index (χ1) is 32.7. The van der Waals surface area contributed by atoms with E-state index < -0.39 is 23.3 Å². The normalized spacial score (nSPS) is 23.1. The van der Waals surface area contributed by atoms with Crippen molar-refractivity contribution in [3.63, 3.8) is 0 Å². The summed E-state index contributed by atoms with van der Waals surface area (Å²) >= 11 is 2.39. The van der Waals surface area contributed by atoms with Gasteiger partial charge in [-0.05, 0) is 112 Å². The third-order valence-electron chi connectivity index (χ3n) is 13.7. The van der Waals surface area contributed by atoms with E-state index >= 15 is 0 Å². The molecule has 0 N–H and O–H groups in total. The van der Waals surface area contributed by atoms with E-state index in [0.29, 0.717) is 69.1 Å². The van der Waals surface area contributed by atoms with Gasteiger partial charge in [-0.3, -0.25) is 24.0 Å². The van der Waals surface area contributed by atoms with Gasteiger partial charge in [0.2, 0.25) is 0 Å². The number of nitrogens with zero attached hydrogens (tertiary/aromatic N) is 2. The predicted octanol–water partition coefficient (Wildman–Crippen LogP) is 11.2. The molecule has 0 aromatic heterocycles. The second-order valence-corrected chi connectivity index (χ2v) is 21.4. The standard InChI is InChI=1S/C53H62N2O11S2/c1-6-33-8-12-35(13-9-33)36-14-18-39(19-15-36)51(61)66-43-25-24-41(48-49(43)68-52(67-48)42(30-54)55-5)47(59)37-16-20-38(21-17-37)50(60)65-40-22-10-34(11-23-40)28-29-62-45(57)26-27-46(58)64-32-53(3,4)31-63-44(56)7-2/h7,10-11,22-25,33,35-39H,2,6,8-9,12-21,26-29,31-32H2,1,3-4H3/b52-42+. The number of thioether (sulfide) groups is 2. The van der Waals surface area contributed by atoms with Crippen LogP contribution in [-0.2, 0) is 44.6 Å². The molecule has 0 saturated heterocycles. The monoisotopic (exact) mass is 966 g/mol. The maximum Gasteiger partial charge on any atom is 0.330 e. The second-order valence-electron chi connectivity index (χ2n) is 19.1. The lowest BCUT2D eigenvalue weighted by atomic mass is 9.69. The maximum absolute atomic E-state index is 14.2. The molecule has 0 radical (unpaired) electrons. The third kappa shape index (κ3) is 14.3. The number of ketones is 1. The van der Waals surface area contributed by atoms with Gasteiger partial charge < -0.3 is 23.7 Å². The van der Waals surface area contributed by atoms with Gasteiger partial charge in [0.1, 0.15) is 11.5 Å². The zero-order chi connectivity index (χ0) is 48.8. The fraction of sp³-hybridized carbons (Fsp3) is 0.547. The van der Waals surface area contributed by atoms with Crippen molar-refractivity contribution in [2.45, 2.75) is 133 Å². The van der Waals surface area contributed by atoms with Crippen LogP contribution in [0.1, 0.15) is 133 Å². The molecule has 1 heterocycles. The van der Waals surface area contributed by atoms with Crippen molar-refractivity contribution in [3.05, 3.63) is 81.5 Å². The molecule has 2 aromatic carbocycles. The molecule has 3 saturated carbocycles. The lowest BCUT2D eigenvalue weighted by molar-refractivity contribution is -0.154. The largest absolute Gasteiger partial charge is 0.465 e. The first kappa shape index (κ1) is 52.0. The Hall–Kier alpha value is -5.38. The number of Topliss-reactive ketones (excluding diaryl/α,β-unsaturated/α-hetero) is 1. The number of fused-ring (bicyclic) bond motifs is 1. The number of hydrogen-bond donors (Lipinski definition) is 0. The molecule has 0 atom stereocenters. The number of benzene rings is 2. The second kappa shape index (κ2) is 24.8. The Morgan fingerprint density at radius 3 is 1.91 bits per heavy atom. The van der Waals surface area contributed by atoms with Crippen molar-refractivity contribution in [2.75, 3.05) is 19.8 Å². The minimum Gasteiger partial charge on any atom is -0.465 e. The van der Waals surface area contributed by atoms with E-state index in [1.165, 1.54) is 55.6 Å². The minimum atomic E-state index is -0.608. The van der Waals surface area contributed by atoms with Crippen LogP contribution in [0, 0.1) is 58.8 Å². The fourth-order valence-electron chi connectivity index (χ4n) is 9.53. The van der Waals surface area contributed by atoms with Gasteiger partial charge in [0.15, 0.2) is 5.78 Å². The molecule has 0 spiro atoms. The Labute approximate surface area is 408 Å². The van der Waals surface area contributed by atoms with E-state index in [1.807, 2.05) is 6.07 Å². The highest BCUT2D eigenvalue weighted by Gasteiger charge is 2.38. The van der Waals surface area contributed by atoms with Crippen LogP contribution < -0.4 is 9.47 Å². The quantitative estimate of drug-likeness (QED) is 0.0247. The van der Waals surface area contributed by atoms with Gasteiger partial charge in [-0.25, -0.2) is 14.9 Å². The Morgan fingerprint density at radius 2 is 1.31 bits per heavy atom. The van der Waals surface area contributed by atoms with E-state index in [4.69, 9.17) is 30.3 Å². The van der Waals surface area contributed by atoms with Crippen molar-refractivity contribution in [1.29, 1.82) is 5.26 Å². The minimum absolute atomic E-state index is 0.0100. The van der Waals surface area contributed by atoms with Crippen LogP contribution in [0.5, 0.6) is 11.5 Å². The summed E-state index contributed by atoms with van der Waals surface area (Å²) < 4.78 is 27.8. The Balaban J connectivity index is 0.944. The topological polar surface area (TPSA) is 177 Å². The summed E-state index contributed by atoms with van der Waals surface area (Å²) in [5.74, 6) is -0.344. The summed E-state index contributed by atoms with van der Waals surface area (Å²) in [6.07, 6.45) is 13.2. The molecule has 2 aromatic rings. The number of allylic oxidation sites excluding steroid dienone is 1. The van der Waals surface area contributed by atoms with Gasteiger partial charge in [0.25, 0.3) is 5.70 Å². The van der Waals surface area contributed by atoms with Crippen molar-refractivity contribution >= 4 is 59.2 Å². The highest BCUT2D eigenvalue weighted by molar-refractivity contribution is 8.24. The molecule has 1 aliphatic heterocycles. The molecule has 0 unspecified atom stereocenters. The van der Waals surface area contributed by atoms with Gasteiger partial charge in [-0.2, -0.15) is 0 Å². The SMILES string of the molecule is [C-]#[N+]/C(C#N)=C1/Sc2c(OC(=O)C3CCC(C4CCC(CC)CC4)CC3)ccc(C(=O)C3CCC(C(=O)Oc4ccc(CCOC(=O)CCC(=O)OCC(C)(C)COC(=O)C=C)cc4)CC3)c2S1. The highest BCUT2D eigenvalue weighted by Crippen LogP contribution is 2.58. The van der Waals surface area contributed by atoms with Gasteiger partial charge >= 0.3 is 29.8 Å². The van der Waals surface area contributed by atoms with Gasteiger partial charge in [0.05, 0.1) is 66.3 Å². The zero-order valence-corrected chi connectivity index (χ0v) is 41.0. The molecule has 362 valence electrons. The van der Waals surface area contributed by atoms with Crippen LogP contribution in [0.25, 0.3) is 4.85 Å². The number of esters is 5. The summed E-state index contributed by atoms with van der Waals surface area (Å²) in [6, 6.07) is 12.2. The smallest absolute Gasteiger partial charge is 0.330 e. The molecule has 15 heteroatoms. The first-order valence-electron chi connectivity index (χ1n) is 23.9. The number of ether oxygens (including phenoxy) is 5. The van der Waals surface area contributed by atoms with Crippen molar-refractivity contribution in [3.8, 4) is 17.6 Å².